The highest BCUT2D eigenvalue weighted by molar-refractivity contribution is 9.10. The summed E-state index contributed by atoms with van der Waals surface area (Å²) in [5, 5.41) is 4.25. The molecule has 0 radical (unpaired) electrons. The molecule has 5 nitrogen and oxygen atoms in total. The van der Waals surface area contributed by atoms with E-state index >= 15 is 0 Å². The second-order valence-corrected chi connectivity index (χ2v) is 11.3. The molecule has 1 saturated heterocycles. The first kappa shape index (κ1) is 26.3. The number of hydrogen-bond acceptors (Lipinski definition) is 3. The van der Waals surface area contributed by atoms with E-state index in [2.05, 4.69) is 93.9 Å². The Labute approximate surface area is 248 Å². The zero-order valence-corrected chi connectivity index (χ0v) is 24.9. The van der Waals surface area contributed by atoms with E-state index in [1.807, 2.05) is 60.8 Å². The van der Waals surface area contributed by atoms with Crippen molar-refractivity contribution in [2.24, 2.45) is 0 Å². The van der Waals surface area contributed by atoms with Crippen LogP contribution in [0.2, 0.25) is 0 Å². The maximum atomic E-state index is 6.09. The predicted octanol–water partition coefficient (Wildman–Crippen LogP) is 8.53. The van der Waals surface area contributed by atoms with Crippen LogP contribution in [-0.2, 0) is 0 Å². The summed E-state index contributed by atoms with van der Waals surface area (Å²) in [5.74, 6) is 1.58. The van der Waals surface area contributed by atoms with Crippen LogP contribution < -0.4 is 15.0 Å². The monoisotopic (exact) mass is 608 g/mol. The smallest absolute Gasteiger partial charge is 0.174 e. The molecule has 200 valence electrons. The summed E-state index contributed by atoms with van der Waals surface area (Å²) < 4.78 is 9.44. The van der Waals surface area contributed by atoms with Gasteiger partial charge >= 0.3 is 0 Å². The number of pyridine rings is 1. The number of ether oxygens (including phenoxy) is 1. The number of anilines is 1. The minimum Gasteiger partial charge on any atom is -0.457 e. The highest BCUT2D eigenvalue weighted by Crippen LogP contribution is 2.44. The van der Waals surface area contributed by atoms with E-state index < -0.39 is 0 Å². The highest BCUT2D eigenvalue weighted by Gasteiger charge is 2.42. The Morgan fingerprint density at radius 1 is 0.825 bits per heavy atom. The molecule has 0 spiro atoms. The minimum absolute atomic E-state index is 0.0987. The third-order valence-electron chi connectivity index (χ3n) is 7.32. The fourth-order valence-electron chi connectivity index (χ4n) is 5.47. The molecule has 5 aromatic rings. The van der Waals surface area contributed by atoms with Crippen molar-refractivity contribution in [3.05, 3.63) is 136 Å². The molecule has 3 aromatic carbocycles. The summed E-state index contributed by atoms with van der Waals surface area (Å²) in [7, 11) is 0. The van der Waals surface area contributed by atoms with E-state index in [9.17, 15) is 0 Å². The number of aryl methyl sites for hydroxylation is 2. The van der Waals surface area contributed by atoms with Crippen molar-refractivity contribution in [3.8, 4) is 17.2 Å². The third kappa shape index (κ3) is 5.03. The number of benzene rings is 3. The molecular weight excluding hydrogens is 580 g/mol. The summed E-state index contributed by atoms with van der Waals surface area (Å²) in [6.45, 7) is 6.39. The average molecular weight is 610 g/mol. The molecule has 0 saturated carbocycles. The predicted molar refractivity (Wildman–Crippen MR) is 169 cm³/mol. The summed E-state index contributed by atoms with van der Waals surface area (Å²) in [6.07, 6.45) is 1.84. The fraction of sp³-hybridized carbons (Fsp3) is 0.152. The number of hydrogen-bond donors (Lipinski definition) is 1. The lowest BCUT2D eigenvalue weighted by Gasteiger charge is -2.28. The average Bonchev–Trinajstić information content (AvgIpc) is 3.45. The highest BCUT2D eigenvalue weighted by atomic mass is 79.9. The first-order valence-electron chi connectivity index (χ1n) is 13.2. The Morgan fingerprint density at radius 2 is 1.55 bits per heavy atom. The molecule has 2 atom stereocenters. The van der Waals surface area contributed by atoms with Crippen LogP contribution in [0.5, 0.6) is 11.5 Å². The van der Waals surface area contributed by atoms with E-state index in [4.69, 9.17) is 21.9 Å². The van der Waals surface area contributed by atoms with Gasteiger partial charge in [-0.3, -0.25) is 4.98 Å². The first-order valence-corrected chi connectivity index (χ1v) is 14.4. The second-order valence-electron chi connectivity index (χ2n) is 10.0. The van der Waals surface area contributed by atoms with Gasteiger partial charge in [0, 0.05) is 33.4 Å². The first-order chi connectivity index (χ1) is 19.4. The van der Waals surface area contributed by atoms with Gasteiger partial charge in [0.05, 0.1) is 17.8 Å². The van der Waals surface area contributed by atoms with E-state index in [0.717, 1.165) is 44.4 Å². The topological polar surface area (TPSA) is 42.3 Å². The van der Waals surface area contributed by atoms with Gasteiger partial charge in [-0.1, -0.05) is 45.8 Å². The molecular formula is C33H29BrN4OS. The van der Waals surface area contributed by atoms with Crippen molar-refractivity contribution in [1.82, 2.24) is 14.9 Å². The van der Waals surface area contributed by atoms with Crippen LogP contribution in [-0.4, -0.2) is 14.7 Å². The van der Waals surface area contributed by atoms with Gasteiger partial charge in [-0.25, -0.2) is 0 Å². The summed E-state index contributed by atoms with van der Waals surface area (Å²) in [5.41, 5.74) is 7.77. The van der Waals surface area contributed by atoms with E-state index in [1.165, 1.54) is 11.1 Å². The lowest BCUT2D eigenvalue weighted by molar-refractivity contribution is 0.482. The minimum atomic E-state index is -0.117. The van der Waals surface area contributed by atoms with Crippen LogP contribution in [0, 0.1) is 20.8 Å². The van der Waals surface area contributed by atoms with Gasteiger partial charge in [0.15, 0.2) is 5.11 Å². The molecule has 2 aromatic heterocycles. The SMILES string of the molecule is Cc1ccc(Oc2ccc(N3C(=S)N[C@@H](c4ccccn4)[C@H]3c3cc(C)n(-c4cccc(Br)c4)c3C)cc2)cc1. The summed E-state index contributed by atoms with van der Waals surface area (Å²) >= 11 is 9.60. The van der Waals surface area contributed by atoms with E-state index in [-0.39, 0.29) is 12.1 Å². The lowest BCUT2D eigenvalue weighted by atomic mass is 9.96. The second kappa shape index (κ2) is 10.9. The Hall–Kier alpha value is -3.94. The number of nitrogens with zero attached hydrogens (tertiary/aromatic N) is 3. The van der Waals surface area contributed by atoms with E-state index in [1.54, 1.807) is 0 Å². The Kier molecular flexibility index (Phi) is 7.17. The summed E-state index contributed by atoms with van der Waals surface area (Å²) in [6, 6.07) is 32.6. The van der Waals surface area contributed by atoms with Crippen molar-refractivity contribution in [3.63, 3.8) is 0 Å². The van der Waals surface area contributed by atoms with Gasteiger partial charge in [-0.15, -0.1) is 0 Å². The van der Waals surface area contributed by atoms with Crippen molar-refractivity contribution in [2.45, 2.75) is 32.9 Å². The van der Waals surface area contributed by atoms with Crippen molar-refractivity contribution in [1.29, 1.82) is 0 Å². The number of nitrogens with one attached hydrogen (secondary N) is 1. The lowest BCUT2D eigenvalue weighted by Crippen LogP contribution is -2.29. The molecule has 3 heterocycles. The van der Waals surface area contributed by atoms with Gasteiger partial charge < -0.3 is 19.5 Å². The van der Waals surface area contributed by atoms with Gasteiger partial charge in [0.1, 0.15) is 11.5 Å². The summed E-state index contributed by atoms with van der Waals surface area (Å²) in [4.78, 5) is 6.92. The van der Waals surface area contributed by atoms with Crippen LogP contribution in [0.1, 0.15) is 40.3 Å². The standard InChI is InChI=1S/C33H29BrN4OS/c1-21-10-14-27(15-11-21)39-28-16-12-25(13-17-28)38-32(31(36-33(38)40)30-9-4-5-18-35-30)29-19-22(2)37(23(29)3)26-8-6-7-24(34)20-26/h4-20,31-32H,1-3H3,(H,36,40)/t31-,32+/m0/s1. The van der Waals surface area contributed by atoms with Crippen molar-refractivity contribution < 1.29 is 4.74 Å². The van der Waals surface area contributed by atoms with Crippen LogP contribution in [0.15, 0.2) is 108 Å². The Bertz CT molecular complexity index is 1670. The molecule has 0 bridgehead atoms. The largest absolute Gasteiger partial charge is 0.457 e. The van der Waals surface area contributed by atoms with Crippen LogP contribution in [0.4, 0.5) is 5.69 Å². The quantitative estimate of drug-likeness (QED) is 0.196. The molecule has 1 aliphatic rings. The zero-order chi connectivity index (χ0) is 27.8. The van der Waals surface area contributed by atoms with Gasteiger partial charge in [-0.2, -0.15) is 0 Å². The Morgan fingerprint density at radius 3 is 2.23 bits per heavy atom. The maximum Gasteiger partial charge on any atom is 0.174 e. The van der Waals surface area contributed by atoms with Crippen LogP contribution in [0.3, 0.4) is 0 Å². The third-order valence-corrected chi connectivity index (χ3v) is 8.13. The van der Waals surface area contributed by atoms with Crippen LogP contribution >= 0.6 is 28.1 Å². The molecule has 7 heteroatoms. The zero-order valence-electron chi connectivity index (χ0n) is 22.5. The van der Waals surface area contributed by atoms with Gasteiger partial charge in [0.2, 0.25) is 0 Å². The normalized spacial score (nSPS) is 16.7. The maximum absolute atomic E-state index is 6.09. The molecule has 40 heavy (non-hydrogen) atoms. The van der Waals surface area contributed by atoms with Gasteiger partial charge in [0.25, 0.3) is 0 Å². The number of rotatable bonds is 6. The van der Waals surface area contributed by atoms with Crippen molar-refractivity contribution >= 4 is 38.9 Å². The number of halogens is 1. The molecule has 6 rings (SSSR count). The molecule has 1 fully saturated rings. The Balaban J connectivity index is 1.41. The molecule has 0 aliphatic carbocycles. The number of aromatic nitrogens is 2. The molecule has 0 unspecified atom stereocenters. The molecule has 1 N–H and O–H groups in total. The number of thiocarbonyl (C=S) groups is 1. The van der Waals surface area contributed by atoms with Gasteiger partial charge in [-0.05, 0) is 111 Å². The van der Waals surface area contributed by atoms with Crippen LogP contribution in [0.25, 0.3) is 5.69 Å². The fourth-order valence-corrected chi connectivity index (χ4v) is 6.20. The van der Waals surface area contributed by atoms with E-state index in [0.29, 0.717) is 5.11 Å². The molecule has 0 amide bonds. The molecule has 1 aliphatic heterocycles. The van der Waals surface area contributed by atoms with Crippen molar-refractivity contribution in [2.75, 3.05) is 4.90 Å².